The lowest BCUT2D eigenvalue weighted by Crippen LogP contribution is -2.46. The number of esters is 1. The fourth-order valence-electron chi connectivity index (χ4n) is 2.79. The lowest BCUT2D eigenvalue weighted by Gasteiger charge is -2.29. The van der Waals surface area contributed by atoms with E-state index in [2.05, 4.69) is 26.1 Å². The molecule has 3 amide bonds. The molecule has 1 aromatic heterocycles. The highest BCUT2D eigenvalue weighted by Crippen LogP contribution is 2.32. The Hall–Kier alpha value is -2.83. The Morgan fingerprint density at radius 3 is 2.59 bits per heavy atom. The summed E-state index contributed by atoms with van der Waals surface area (Å²) in [5, 5.41) is 16.6. The van der Waals surface area contributed by atoms with Crippen molar-refractivity contribution < 1.29 is 23.9 Å². The largest absolute Gasteiger partial charge is 0.463 e. The summed E-state index contributed by atoms with van der Waals surface area (Å²) in [6.45, 7) is 3.82. The van der Waals surface area contributed by atoms with Gasteiger partial charge in [0.25, 0.3) is 0 Å². The van der Waals surface area contributed by atoms with Gasteiger partial charge in [0, 0.05) is 16.5 Å². The number of nitrogens with one attached hydrogen (secondary N) is 3. The first kappa shape index (κ1) is 23.8. The summed E-state index contributed by atoms with van der Waals surface area (Å²) in [6, 6.07) is 5.69. The van der Waals surface area contributed by atoms with Crippen molar-refractivity contribution in [1.29, 1.82) is 0 Å². The summed E-state index contributed by atoms with van der Waals surface area (Å²) in [6.07, 6.45) is -0.621. The Labute approximate surface area is 197 Å². The number of aromatic nitrogens is 2. The maximum atomic E-state index is 12.8. The maximum Gasteiger partial charge on any atom is 0.413 e. The van der Waals surface area contributed by atoms with Gasteiger partial charge in [-0.25, -0.2) is 14.4 Å². The van der Waals surface area contributed by atoms with Crippen molar-refractivity contribution in [3.8, 4) is 0 Å². The van der Waals surface area contributed by atoms with Gasteiger partial charge < -0.3 is 20.1 Å². The normalized spacial score (nSPS) is 15.6. The van der Waals surface area contributed by atoms with E-state index >= 15 is 0 Å². The summed E-state index contributed by atoms with van der Waals surface area (Å²) in [7, 11) is 0. The first-order valence-electron chi connectivity index (χ1n) is 9.54. The van der Waals surface area contributed by atoms with Crippen LogP contribution in [0.5, 0.6) is 0 Å². The van der Waals surface area contributed by atoms with Gasteiger partial charge in [0.05, 0.1) is 24.8 Å². The number of hydrogen-bond acceptors (Lipinski definition) is 9. The molecule has 32 heavy (non-hydrogen) atoms. The molecule has 0 spiro atoms. The van der Waals surface area contributed by atoms with Crippen molar-refractivity contribution in [1.82, 2.24) is 20.8 Å². The van der Waals surface area contributed by atoms with E-state index in [1.165, 1.54) is 11.8 Å². The van der Waals surface area contributed by atoms with Crippen molar-refractivity contribution in [3.05, 3.63) is 46.1 Å². The van der Waals surface area contributed by atoms with Gasteiger partial charge in [0.15, 0.2) is 4.34 Å². The van der Waals surface area contributed by atoms with Crippen LogP contribution in [0.2, 0.25) is 5.02 Å². The van der Waals surface area contributed by atoms with Gasteiger partial charge in [-0.15, -0.1) is 10.2 Å². The van der Waals surface area contributed by atoms with E-state index < -0.39 is 24.1 Å². The fourth-order valence-corrected chi connectivity index (χ4v) is 4.63. The molecule has 0 radical (unpaired) electrons. The second-order valence-corrected chi connectivity index (χ2v) is 8.84. The molecular formula is C19H20ClN5O5S2. The van der Waals surface area contributed by atoms with Crippen LogP contribution in [0.4, 0.5) is 14.7 Å². The molecular weight excluding hydrogens is 478 g/mol. The molecule has 0 saturated heterocycles. The monoisotopic (exact) mass is 497 g/mol. The molecule has 13 heteroatoms. The minimum absolute atomic E-state index is 0.184. The van der Waals surface area contributed by atoms with Gasteiger partial charge in [-0.3, -0.25) is 5.32 Å². The predicted octanol–water partition coefficient (Wildman–Crippen LogP) is 3.72. The standard InChI is InChI=1S/C19H20ClN5O5S2/c1-3-29-15(26)13-12(9-31-19-25-24-17(32-19)23-18(28)30-4-2)21-16(27)22-14(13)10-5-7-11(20)8-6-10/h5-8,14H,3-4,9H2,1-2H3,(H2,21,22,27)(H,23,24,28). The zero-order chi connectivity index (χ0) is 23.1. The van der Waals surface area contributed by atoms with Crippen molar-refractivity contribution >= 4 is 57.9 Å². The number of carbonyl (C=O) groups excluding carboxylic acids is 3. The highest BCUT2D eigenvalue weighted by atomic mass is 35.5. The fraction of sp³-hybridized carbons (Fsp3) is 0.316. The summed E-state index contributed by atoms with van der Waals surface area (Å²) < 4.78 is 10.6. The first-order chi connectivity index (χ1) is 15.4. The van der Waals surface area contributed by atoms with Crippen molar-refractivity contribution in [2.75, 3.05) is 24.3 Å². The van der Waals surface area contributed by atoms with Crippen LogP contribution in [0.15, 0.2) is 39.9 Å². The quantitative estimate of drug-likeness (QED) is 0.285. The van der Waals surface area contributed by atoms with Gasteiger partial charge in [-0.2, -0.15) is 0 Å². The van der Waals surface area contributed by atoms with Crippen LogP contribution in [0.1, 0.15) is 25.5 Å². The summed E-state index contributed by atoms with van der Waals surface area (Å²) in [5.74, 6) is -0.322. The van der Waals surface area contributed by atoms with Crippen LogP contribution >= 0.6 is 34.7 Å². The Bertz CT molecular complexity index is 1030. The highest BCUT2D eigenvalue weighted by molar-refractivity contribution is 8.01. The molecule has 1 aromatic carbocycles. The molecule has 3 rings (SSSR count). The highest BCUT2D eigenvalue weighted by Gasteiger charge is 2.33. The summed E-state index contributed by atoms with van der Waals surface area (Å²) in [4.78, 5) is 36.6. The van der Waals surface area contributed by atoms with E-state index in [1.807, 2.05) is 0 Å². The van der Waals surface area contributed by atoms with Crippen LogP contribution in [0.25, 0.3) is 0 Å². The third-order valence-corrected chi connectivity index (χ3v) is 6.33. The number of carbonyl (C=O) groups is 3. The number of ether oxygens (including phenoxy) is 2. The Balaban J connectivity index is 1.83. The predicted molar refractivity (Wildman–Crippen MR) is 121 cm³/mol. The number of thioether (sulfide) groups is 1. The second-order valence-electron chi connectivity index (χ2n) is 6.20. The third-order valence-electron chi connectivity index (χ3n) is 4.08. The molecule has 10 nitrogen and oxygen atoms in total. The zero-order valence-electron chi connectivity index (χ0n) is 17.1. The number of anilines is 1. The number of halogens is 1. The van der Waals surface area contributed by atoms with Crippen LogP contribution < -0.4 is 16.0 Å². The van der Waals surface area contributed by atoms with E-state index in [1.54, 1.807) is 38.1 Å². The summed E-state index contributed by atoms with van der Waals surface area (Å²) in [5.41, 5.74) is 1.37. The lowest BCUT2D eigenvalue weighted by molar-refractivity contribution is -0.139. The molecule has 1 atom stereocenters. The molecule has 0 fully saturated rings. The van der Waals surface area contributed by atoms with E-state index in [0.717, 1.165) is 11.3 Å². The van der Waals surface area contributed by atoms with E-state index in [0.29, 0.717) is 20.6 Å². The molecule has 2 heterocycles. The molecule has 2 aromatic rings. The molecule has 0 aliphatic carbocycles. The van der Waals surface area contributed by atoms with Crippen molar-refractivity contribution in [3.63, 3.8) is 0 Å². The van der Waals surface area contributed by atoms with Crippen molar-refractivity contribution in [2.24, 2.45) is 0 Å². The number of hydrogen-bond donors (Lipinski definition) is 3. The SMILES string of the molecule is CCOC(=O)Nc1nnc(SCC2=C(C(=O)OCC)C(c3ccc(Cl)cc3)NC(=O)N2)s1. The number of nitrogens with zero attached hydrogens (tertiary/aromatic N) is 2. The first-order valence-corrected chi connectivity index (χ1v) is 11.7. The van der Waals surface area contributed by atoms with Gasteiger partial charge in [-0.1, -0.05) is 46.8 Å². The number of rotatable bonds is 8. The molecule has 1 unspecified atom stereocenters. The number of benzene rings is 1. The van der Waals surface area contributed by atoms with Crippen LogP contribution in [-0.4, -0.2) is 47.3 Å². The number of amides is 3. The topological polar surface area (TPSA) is 132 Å². The average Bonchev–Trinajstić information content (AvgIpc) is 3.19. The van der Waals surface area contributed by atoms with Gasteiger partial charge in [-0.05, 0) is 31.5 Å². The van der Waals surface area contributed by atoms with E-state index in [4.69, 9.17) is 21.1 Å². The molecule has 3 N–H and O–H groups in total. The second kappa shape index (κ2) is 11.2. The Morgan fingerprint density at radius 2 is 1.91 bits per heavy atom. The van der Waals surface area contributed by atoms with Crippen LogP contribution in [0.3, 0.4) is 0 Å². The molecule has 1 aliphatic heterocycles. The minimum Gasteiger partial charge on any atom is -0.463 e. The minimum atomic E-state index is -0.703. The number of urea groups is 1. The van der Waals surface area contributed by atoms with Crippen molar-refractivity contribution in [2.45, 2.75) is 24.2 Å². The summed E-state index contributed by atoms with van der Waals surface area (Å²) >= 11 is 8.37. The smallest absolute Gasteiger partial charge is 0.413 e. The zero-order valence-corrected chi connectivity index (χ0v) is 19.5. The van der Waals surface area contributed by atoms with Gasteiger partial charge in [0.2, 0.25) is 5.13 Å². The van der Waals surface area contributed by atoms with Crippen LogP contribution in [0, 0.1) is 0 Å². The maximum absolute atomic E-state index is 12.8. The Morgan fingerprint density at radius 1 is 1.19 bits per heavy atom. The van der Waals surface area contributed by atoms with Crippen LogP contribution in [-0.2, 0) is 14.3 Å². The Kier molecular flexibility index (Phi) is 8.31. The average molecular weight is 498 g/mol. The van der Waals surface area contributed by atoms with E-state index in [-0.39, 0.29) is 29.7 Å². The van der Waals surface area contributed by atoms with E-state index in [9.17, 15) is 14.4 Å². The van der Waals surface area contributed by atoms with Gasteiger partial charge in [0.1, 0.15) is 0 Å². The molecule has 1 aliphatic rings. The van der Waals surface area contributed by atoms with Gasteiger partial charge >= 0.3 is 18.1 Å². The molecule has 0 saturated carbocycles. The third kappa shape index (κ3) is 6.11. The lowest BCUT2D eigenvalue weighted by atomic mass is 9.95. The molecule has 0 bridgehead atoms. The molecule has 170 valence electrons.